The molecule has 2 aliphatic rings. The molecule has 0 radical (unpaired) electrons. The van der Waals surface area contributed by atoms with Crippen molar-refractivity contribution in [3.05, 3.63) is 107 Å². The van der Waals surface area contributed by atoms with Gasteiger partial charge in [0.2, 0.25) is 5.91 Å². The van der Waals surface area contributed by atoms with Crippen LogP contribution in [0.3, 0.4) is 0 Å². The Hall–Kier alpha value is -4.56. The Morgan fingerprint density at radius 1 is 1.02 bits per heavy atom. The second kappa shape index (κ2) is 14.5. The first-order chi connectivity index (χ1) is 22.8. The van der Waals surface area contributed by atoms with Gasteiger partial charge in [-0.05, 0) is 28.8 Å². The number of alkyl carbamates (subject to hydrolysis) is 1. The Labute approximate surface area is 276 Å². The molecule has 0 aliphatic carbocycles. The molecule has 0 saturated carbocycles. The van der Waals surface area contributed by atoms with Gasteiger partial charge in [0.1, 0.15) is 19.0 Å². The van der Waals surface area contributed by atoms with Gasteiger partial charge in [-0.15, -0.1) is 10.2 Å². The number of ether oxygens (including phenoxy) is 3. The minimum atomic E-state index is -1.05. The number of aryl methyl sites for hydroxylation is 1. The molecule has 2 fully saturated rings. The number of benzene rings is 3. The minimum absolute atomic E-state index is 0.0396. The van der Waals surface area contributed by atoms with E-state index >= 15 is 0 Å². The first kappa shape index (κ1) is 32.4. The molecule has 0 bridgehead atoms. The lowest BCUT2D eigenvalue weighted by atomic mass is 9.91. The molecular weight excluding hydrogens is 622 g/mol. The maximum atomic E-state index is 13.4. The number of imide groups is 1. The number of rotatable bonds is 10. The van der Waals surface area contributed by atoms with E-state index in [1.54, 1.807) is 24.5 Å². The number of hydrogen-bond acceptors (Lipinski definition) is 10. The Morgan fingerprint density at radius 3 is 2.53 bits per heavy atom. The summed E-state index contributed by atoms with van der Waals surface area (Å²) >= 11 is 1.53. The molecule has 1 aromatic heterocycles. The van der Waals surface area contributed by atoms with Crippen molar-refractivity contribution in [1.29, 1.82) is 0 Å². The van der Waals surface area contributed by atoms with Crippen molar-refractivity contribution < 1.29 is 33.7 Å². The van der Waals surface area contributed by atoms with Crippen LogP contribution in [0.2, 0.25) is 0 Å². The normalized spacial score (nSPS) is 22.8. The molecule has 2 aliphatic heterocycles. The molecule has 4 aromatic rings. The molecular formula is C34H35N5O7S. The number of carbonyl (C=O) groups excluding carboxylic acids is 3. The van der Waals surface area contributed by atoms with Gasteiger partial charge in [-0.2, -0.15) is 0 Å². The van der Waals surface area contributed by atoms with Crippen molar-refractivity contribution in [1.82, 2.24) is 20.1 Å². The standard InChI is InChI=1S/C34H35N5O7S/c1-21-28(19-47-33-37-35-20-38(33)2)45-32(46-30(21)24-13-11-22(17-40)12-14-24)25-9-6-10-26(15-25)39-29(41)16-27(31(39)42)36-34(43)44-18-23-7-4-3-5-8-23/h3-15,20-21,27-28,30,32,40H,16-19H2,1-2H3,(H,36,43). The number of anilines is 1. The second-order valence-electron chi connectivity index (χ2n) is 11.5. The summed E-state index contributed by atoms with van der Waals surface area (Å²) in [6.45, 7) is 2.05. The molecule has 12 nitrogen and oxygen atoms in total. The lowest BCUT2D eigenvalue weighted by Gasteiger charge is -2.41. The van der Waals surface area contributed by atoms with Crippen LogP contribution in [0.5, 0.6) is 0 Å². The molecule has 5 unspecified atom stereocenters. The number of hydrogen-bond donors (Lipinski definition) is 2. The lowest BCUT2D eigenvalue weighted by Crippen LogP contribution is -2.42. The molecule has 3 aromatic carbocycles. The van der Waals surface area contributed by atoms with E-state index in [2.05, 4.69) is 22.4 Å². The van der Waals surface area contributed by atoms with Crippen LogP contribution in [0.25, 0.3) is 0 Å². The highest BCUT2D eigenvalue weighted by atomic mass is 32.2. The van der Waals surface area contributed by atoms with E-state index in [9.17, 15) is 19.5 Å². The fraction of sp³-hybridized carbons (Fsp3) is 0.324. The van der Waals surface area contributed by atoms with E-state index in [-0.39, 0.29) is 37.8 Å². The van der Waals surface area contributed by atoms with Gasteiger partial charge < -0.3 is 29.2 Å². The highest BCUT2D eigenvalue weighted by Crippen LogP contribution is 2.43. The summed E-state index contributed by atoms with van der Waals surface area (Å²) in [5, 5.41) is 21.0. The highest BCUT2D eigenvalue weighted by molar-refractivity contribution is 7.99. The highest BCUT2D eigenvalue weighted by Gasteiger charge is 2.42. The summed E-state index contributed by atoms with van der Waals surface area (Å²) < 4.78 is 20.2. The van der Waals surface area contributed by atoms with Gasteiger partial charge in [0.15, 0.2) is 11.4 Å². The molecule has 13 heteroatoms. The van der Waals surface area contributed by atoms with E-state index < -0.39 is 30.2 Å². The van der Waals surface area contributed by atoms with E-state index in [0.29, 0.717) is 17.0 Å². The molecule has 244 valence electrons. The van der Waals surface area contributed by atoms with Gasteiger partial charge in [0.25, 0.3) is 5.91 Å². The van der Waals surface area contributed by atoms with Crippen LogP contribution in [0.4, 0.5) is 10.5 Å². The summed E-state index contributed by atoms with van der Waals surface area (Å²) in [6.07, 6.45) is -0.742. The third kappa shape index (κ3) is 7.38. The van der Waals surface area contributed by atoms with Crippen molar-refractivity contribution >= 4 is 35.4 Å². The van der Waals surface area contributed by atoms with Gasteiger partial charge >= 0.3 is 6.09 Å². The molecule has 5 atom stereocenters. The Kier molecular flexibility index (Phi) is 9.97. The van der Waals surface area contributed by atoms with Crippen molar-refractivity contribution in [2.24, 2.45) is 13.0 Å². The zero-order valence-electron chi connectivity index (χ0n) is 25.9. The number of aromatic nitrogens is 3. The Bertz CT molecular complexity index is 1720. The van der Waals surface area contributed by atoms with Crippen LogP contribution >= 0.6 is 11.8 Å². The van der Waals surface area contributed by atoms with Crippen molar-refractivity contribution in [2.75, 3.05) is 10.7 Å². The predicted molar refractivity (Wildman–Crippen MR) is 172 cm³/mol. The largest absolute Gasteiger partial charge is 0.445 e. The molecule has 3 amide bonds. The fourth-order valence-electron chi connectivity index (χ4n) is 5.60. The number of carbonyl (C=O) groups is 3. The van der Waals surface area contributed by atoms with Gasteiger partial charge in [0, 0.05) is 24.3 Å². The molecule has 47 heavy (non-hydrogen) atoms. The Morgan fingerprint density at radius 2 is 1.81 bits per heavy atom. The topological polar surface area (TPSA) is 145 Å². The summed E-state index contributed by atoms with van der Waals surface area (Å²) in [6, 6.07) is 22.7. The summed E-state index contributed by atoms with van der Waals surface area (Å²) in [7, 11) is 1.88. The van der Waals surface area contributed by atoms with Crippen molar-refractivity contribution in [3.8, 4) is 0 Å². The smallest absolute Gasteiger partial charge is 0.408 e. The van der Waals surface area contributed by atoms with Gasteiger partial charge in [-0.25, -0.2) is 9.69 Å². The molecule has 2 N–H and O–H groups in total. The van der Waals surface area contributed by atoms with Gasteiger partial charge in [-0.1, -0.05) is 85.4 Å². The number of nitrogens with one attached hydrogen (secondary N) is 1. The molecule has 6 rings (SSSR count). The number of thioether (sulfide) groups is 1. The average Bonchev–Trinajstić information content (AvgIpc) is 3.63. The lowest BCUT2D eigenvalue weighted by molar-refractivity contribution is -0.268. The van der Waals surface area contributed by atoms with Crippen LogP contribution in [0.1, 0.15) is 48.0 Å². The van der Waals surface area contributed by atoms with Gasteiger partial charge in [0.05, 0.1) is 30.9 Å². The molecule has 3 heterocycles. The van der Waals surface area contributed by atoms with Crippen LogP contribution in [-0.2, 0) is 44.1 Å². The number of nitrogens with zero attached hydrogens (tertiary/aromatic N) is 4. The van der Waals surface area contributed by atoms with E-state index in [0.717, 1.165) is 26.7 Å². The van der Waals surface area contributed by atoms with Gasteiger partial charge in [-0.3, -0.25) is 9.59 Å². The van der Waals surface area contributed by atoms with E-state index in [4.69, 9.17) is 14.2 Å². The summed E-state index contributed by atoms with van der Waals surface area (Å²) in [5.74, 6) is -0.470. The number of aliphatic hydroxyl groups is 1. The molecule has 2 saturated heterocycles. The van der Waals surface area contributed by atoms with Crippen LogP contribution < -0.4 is 10.2 Å². The van der Waals surface area contributed by atoms with Crippen LogP contribution in [-0.4, -0.2) is 55.7 Å². The maximum Gasteiger partial charge on any atom is 0.408 e. The predicted octanol–water partition coefficient (Wildman–Crippen LogP) is 4.45. The van der Waals surface area contributed by atoms with Crippen molar-refractivity contribution in [2.45, 2.75) is 56.3 Å². The third-order valence-electron chi connectivity index (χ3n) is 8.22. The molecule has 0 spiro atoms. The third-order valence-corrected chi connectivity index (χ3v) is 9.35. The SMILES string of the molecule is CC1C(CSc2nncn2C)OC(c2cccc(N3C(=O)CC(NC(=O)OCc4ccccc4)C3=O)c2)OC1c1ccc(CO)cc1. The maximum absolute atomic E-state index is 13.4. The Balaban J connectivity index is 1.18. The van der Waals surface area contributed by atoms with Crippen LogP contribution in [0.15, 0.2) is 90.3 Å². The minimum Gasteiger partial charge on any atom is -0.445 e. The fourth-order valence-corrected chi connectivity index (χ4v) is 6.65. The monoisotopic (exact) mass is 657 g/mol. The zero-order chi connectivity index (χ0) is 32.9. The van der Waals surface area contributed by atoms with E-state index in [1.807, 2.05) is 72.3 Å². The number of amides is 3. The van der Waals surface area contributed by atoms with E-state index in [1.165, 1.54) is 11.8 Å². The zero-order valence-corrected chi connectivity index (χ0v) is 26.7. The van der Waals surface area contributed by atoms with Crippen molar-refractivity contribution in [3.63, 3.8) is 0 Å². The van der Waals surface area contributed by atoms with Crippen LogP contribution in [0, 0.1) is 5.92 Å². The average molecular weight is 658 g/mol. The number of aliphatic hydroxyl groups excluding tert-OH is 1. The first-order valence-corrected chi connectivity index (χ1v) is 16.2. The summed E-state index contributed by atoms with van der Waals surface area (Å²) in [4.78, 5) is 40.0. The second-order valence-corrected chi connectivity index (χ2v) is 12.5. The first-order valence-electron chi connectivity index (χ1n) is 15.2. The quantitative estimate of drug-likeness (QED) is 0.185. The summed E-state index contributed by atoms with van der Waals surface area (Å²) in [5.41, 5.74) is 3.50.